The van der Waals surface area contributed by atoms with E-state index in [1.165, 1.54) is 34.9 Å². The van der Waals surface area contributed by atoms with Crippen LogP contribution in [0.2, 0.25) is 0 Å². The zero-order valence-electron chi connectivity index (χ0n) is 22.2. The molecule has 10 heteroatoms. The average molecular weight is 550 g/mol. The van der Waals surface area contributed by atoms with Crippen molar-refractivity contribution in [2.24, 2.45) is 7.05 Å². The molecule has 0 bridgehead atoms. The van der Waals surface area contributed by atoms with Gasteiger partial charge in [0.1, 0.15) is 5.82 Å². The van der Waals surface area contributed by atoms with Gasteiger partial charge in [0.25, 0.3) is 11.4 Å². The van der Waals surface area contributed by atoms with Crippen molar-refractivity contribution in [1.29, 1.82) is 0 Å². The third kappa shape index (κ3) is 5.05. The molecular formula is C30H27F4N5O. The maximum atomic E-state index is 13.8. The second-order valence-electron chi connectivity index (χ2n) is 10.2. The number of benzene rings is 2. The summed E-state index contributed by atoms with van der Waals surface area (Å²) in [5, 5.41) is 0. The van der Waals surface area contributed by atoms with Crippen molar-refractivity contribution in [3.05, 3.63) is 111 Å². The van der Waals surface area contributed by atoms with E-state index >= 15 is 0 Å². The fraction of sp³-hybridized carbons (Fsp3) is 0.300. The van der Waals surface area contributed by atoms with E-state index in [1.54, 1.807) is 31.3 Å². The summed E-state index contributed by atoms with van der Waals surface area (Å²) in [6, 6.07) is 15.3. The van der Waals surface area contributed by atoms with Crippen molar-refractivity contribution in [2.45, 2.75) is 38.1 Å². The van der Waals surface area contributed by atoms with E-state index in [4.69, 9.17) is 6.57 Å². The van der Waals surface area contributed by atoms with Gasteiger partial charge in [0.2, 0.25) is 5.52 Å². The minimum atomic E-state index is -4.45. The van der Waals surface area contributed by atoms with E-state index < -0.39 is 23.6 Å². The lowest BCUT2D eigenvalue weighted by Gasteiger charge is -2.48. The molecule has 2 aromatic carbocycles. The van der Waals surface area contributed by atoms with E-state index in [2.05, 4.69) is 19.6 Å². The van der Waals surface area contributed by atoms with Crippen LogP contribution in [0, 0.1) is 12.4 Å². The van der Waals surface area contributed by atoms with Crippen molar-refractivity contribution >= 4 is 22.5 Å². The first-order chi connectivity index (χ1) is 19.0. The molecule has 0 saturated carbocycles. The van der Waals surface area contributed by atoms with E-state index in [1.807, 2.05) is 13.8 Å². The number of aryl methyl sites for hydroxylation is 1. The zero-order valence-corrected chi connectivity index (χ0v) is 22.2. The summed E-state index contributed by atoms with van der Waals surface area (Å²) >= 11 is 0. The topological polar surface area (TPSA) is 45.7 Å². The molecule has 4 aromatic rings. The van der Waals surface area contributed by atoms with Crippen LogP contribution in [-0.2, 0) is 13.2 Å². The highest BCUT2D eigenvalue weighted by Crippen LogP contribution is 2.37. The van der Waals surface area contributed by atoms with Gasteiger partial charge in [-0.3, -0.25) is 9.69 Å². The number of hydrogen-bond donors (Lipinski definition) is 0. The molecule has 40 heavy (non-hydrogen) atoms. The van der Waals surface area contributed by atoms with Crippen LogP contribution < -0.4 is 10.5 Å². The Morgan fingerprint density at radius 1 is 0.950 bits per heavy atom. The smallest absolute Gasteiger partial charge is 0.362 e. The van der Waals surface area contributed by atoms with Crippen LogP contribution in [0.3, 0.4) is 0 Å². The fourth-order valence-corrected chi connectivity index (χ4v) is 5.51. The molecule has 1 fully saturated rings. The first-order valence-corrected chi connectivity index (χ1v) is 12.8. The lowest BCUT2D eigenvalue weighted by atomic mass is 9.92. The molecule has 0 aliphatic carbocycles. The Morgan fingerprint density at radius 3 is 2.17 bits per heavy atom. The molecule has 0 amide bonds. The normalized spacial score (nSPS) is 19.0. The number of halogens is 4. The summed E-state index contributed by atoms with van der Waals surface area (Å²) in [4.78, 5) is 25.1. The van der Waals surface area contributed by atoms with E-state index in [0.717, 1.165) is 17.7 Å². The maximum absolute atomic E-state index is 13.8. The Balaban J connectivity index is 1.54. The van der Waals surface area contributed by atoms with Crippen LogP contribution in [0.15, 0.2) is 71.5 Å². The summed E-state index contributed by atoms with van der Waals surface area (Å²) in [5.41, 5.74) is 2.30. The Bertz CT molecular complexity index is 1640. The summed E-state index contributed by atoms with van der Waals surface area (Å²) in [7, 11) is 1.66. The molecule has 0 N–H and O–H groups in total. The molecule has 206 valence electrons. The lowest BCUT2D eigenvalue weighted by molar-refractivity contribution is -0.137. The van der Waals surface area contributed by atoms with Crippen LogP contribution in [0.25, 0.3) is 15.9 Å². The number of pyridine rings is 2. The van der Waals surface area contributed by atoms with Crippen LogP contribution in [-0.4, -0.2) is 39.6 Å². The SMILES string of the molecule is [C-]#[N+]c1ccc2c(n1)c(N1C[C@@H](C)N(C(c3ccc(F)cc3)c3ccc(C(F)(F)F)cc3)C[C@@H]1C)cc(=O)n2C. The van der Waals surface area contributed by atoms with Crippen molar-refractivity contribution in [3.63, 3.8) is 0 Å². The highest BCUT2D eigenvalue weighted by Gasteiger charge is 2.37. The van der Waals surface area contributed by atoms with Gasteiger partial charge in [0.05, 0.1) is 22.8 Å². The molecule has 1 unspecified atom stereocenters. The van der Waals surface area contributed by atoms with Gasteiger partial charge in [-0.1, -0.05) is 30.8 Å². The molecule has 1 aliphatic rings. The van der Waals surface area contributed by atoms with E-state index in [-0.39, 0.29) is 23.5 Å². The minimum absolute atomic E-state index is 0.114. The number of hydrogen-bond acceptors (Lipinski definition) is 4. The standard InChI is InChI=1S/C30H27F4N5O/c1-18-17-39(29(21-7-11-23(31)12-8-21)20-5-9-22(10-6-20)30(32,33)34)19(2)16-38(18)25-15-27(40)37(4)24-13-14-26(35-3)36-28(24)25/h5-15,18-19,29H,16-17H2,1-2,4H3/t18-,19+,29?/m0/s1. The summed E-state index contributed by atoms with van der Waals surface area (Å²) in [6.45, 7) is 12.4. The summed E-state index contributed by atoms with van der Waals surface area (Å²) < 4.78 is 55.1. The highest BCUT2D eigenvalue weighted by molar-refractivity contribution is 5.89. The Hall–Kier alpha value is -4.23. The van der Waals surface area contributed by atoms with E-state index in [9.17, 15) is 22.4 Å². The molecule has 3 heterocycles. The fourth-order valence-electron chi connectivity index (χ4n) is 5.51. The first-order valence-electron chi connectivity index (χ1n) is 12.8. The third-order valence-corrected chi connectivity index (χ3v) is 7.58. The van der Waals surface area contributed by atoms with E-state index in [0.29, 0.717) is 35.4 Å². The van der Waals surface area contributed by atoms with Crippen molar-refractivity contribution in [1.82, 2.24) is 14.5 Å². The highest BCUT2D eigenvalue weighted by atomic mass is 19.4. The van der Waals surface area contributed by atoms with Gasteiger partial charge in [-0.15, -0.1) is 4.98 Å². The van der Waals surface area contributed by atoms with Gasteiger partial charge < -0.3 is 14.3 Å². The second-order valence-corrected chi connectivity index (χ2v) is 10.2. The molecule has 3 atom stereocenters. The number of aromatic nitrogens is 2. The third-order valence-electron chi connectivity index (χ3n) is 7.58. The number of nitrogens with zero attached hydrogens (tertiary/aromatic N) is 5. The maximum Gasteiger partial charge on any atom is 0.416 e. The molecule has 0 radical (unpaired) electrons. The molecular weight excluding hydrogens is 522 g/mol. The van der Waals surface area contributed by atoms with Gasteiger partial charge in [0, 0.05) is 38.3 Å². The van der Waals surface area contributed by atoms with Crippen LogP contribution in [0.4, 0.5) is 29.1 Å². The molecule has 6 nitrogen and oxygen atoms in total. The number of rotatable bonds is 4. The number of alkyl halides is 3. The minimum Gasteiger partial charge on any atom is -0.362 e. The summed E-state index contributed by atoms with van der Waals surface area (Å²) in [5.74, 6) is -0.171. The molecule has 0 spiro atoms. The van der Waals surface area contributed by atoms with Crippen LogP contribution in [0.1, 0.15) is 36.6 Å². The quantitative estimate of drug-likeness (QED) is 0.221. The molecule has 2 aromatic heterocycles. The lowest BCUT2D eigenvalue weighted by Crippen LogP contribution is -2.57. The monoisotopic (exact) mass is 549 g/mol. The predicted octanol–water partition coefficient (Wildman–Crippen LogP) is 6.33. The van der Waals surface area contributed by atoms with Gasteiger partial charge in [-0.05, 0) is 61.4 Å². The zero-order chi connectivity index (χ0) is 28.8. The molecule has 1 aliphatic heterocycles. The number of fused-ring (bicyclic) bond motifs is 1. The second kappa shape index (κ2) is 10.4. The van der Waals surface area contributed by atoms with Crippen molar-refractivity contribution < 1.29 is 17.6 Å². The molecule has 1 saturated heterocycles. The number of piperazine rings is 1. The van der Waals surface area contributed by atoms with Gasteiger partial charge in [0.15, 0.2) is 0 Å². The Kier molecular flexibility index (Phi) is 7.10. The van der Waals surface area contributed by atoms with Crippen LogP contribution in [0.5, 0.6) is 0 Å². The Morgan fingerprint density at radius 2 is 1.57 bits per heavy atom. The van der Waals surface area contributed by atoms with Crippen molar-refractivity contribution in [3.8, 4) is 0 Å². The van der Waals surface area contributed by atoms with Gasteiger partial charge in [-0.2, -0.15) is 13.2 Å². The van der Waals surface area contributed by atoms with Gasteiger partial charge >= 0.3 is 6.18 Å². The predicted molar refractivity (Wildman–Crippen MR) is 146 cm³/mol. The van der Waals surface area contributed by atoms with Gasteiger partial charge in [-0.25, -0.2) is 4.39 Å². The summed E-state index contributed by atoms with van der Waals surface area (Å²) in [6.07, 6.45) is -4.45. The Labute approximate surface area is 228 Å². The average Bonchev–Trinajstić information content (AvgIpc) is 2.93. The number of anilines is 1. The van der Waals surface area contributed by atoms with Crippen LogP contribution >= 0.6 is 0 Å². The largest absolute Gasteiger partial charge is 0.416 e. The van der Waals surface area contributed by atoms with Crippen molar-refractivity contribution in [2.75, 3.05) is 18.0 Å². The first kappa shape index (κ1) is 27.3. The molecule has 5 rings (SSSR count).